The highest BCUT2D eigenvalue weighted by Gasteiger charge is 2.13. The summed E-state index contributed by atoms with van der Waals surface area (Å²) in [5.74, 6) is 2.33. The molecule has 0 saturated carbocycles. The molecule has 5 heteroatoms. The first-order valence-electron chi connectivity index (χ1n) is 8.01. The second-order valence-electron chi connectivity index (χ2n) is 5.73. The Balaban J connectivity index is 1.65. The number of methoxy groups -OCH3 is 1. The van der Waals surface area contributed by atoms with E-state index >= 15 is 0 Å². The number of ether oxygens (including phenoxy) is 3. The maximum absolute atomic E-state index is 5.40. The van der Waals surface area contributed by atoms with Gasteiger partial charge in [0, 0.05) is 17.4 Å². The van der Waals surface area contributed by atoms with Crippen molar-refractivity contribution in [2.75, 3.05) is 13.9 Å². The number of aliphatic imine (C=N–C) groups is 1. The van der Waals surface area contributed by atoms with E-state index in [0.717, 1.165) is 40.0 Å². The van der Waals surface area contributed by atoms with Crippen LogP contribution in [0.2, 0.25) is 0 Å². The first kappa shape index (κ1) is 15.3. The van der Waals surface area contributed by atoms with Gasteiger partial charge in [0.25, 0.3) is 0 Å². The van der Waals surface area contributed by atoms with E-state index in [1.165, 1.54) is 0 Å². The third kappa shape index (κ3) is 2.96. The molecule has 0 saturated heterocycles. The molecule has 0 radical (unpaired) electrons. The van der Waals surface area contributed by atoms with Gasteiger partial charge in [-0.25, -0.2) is 0 Å². The van der Waals surface area contributed by atoms with E-state index in [1.54, 1.807) is 7.11 Å². The highest BCUT2D eigenvalue weighted by Crippen LogP contribution is 2.35. The quantitative estimate of drug-likeness (QED) is 0.669. The van der Waals surface area contributed by atoms with Crippen LogP contribution in [0.5, 0.6) is 17.2 Å². The zero-order valence-electron chi connectivity index (χ0n) is 14.1. The van der Waals surface area contributed by atoms with Gasteiger partial charge in [-0.2, -0.15) is 0 Å². The SMILES string of the molecule is COc1ccc(-n2c(C)ccc2C=Nc2ccc3c(c2)OCO3)cc1. The largest absolute Gasteiger partial charge is 0.497 e. The number of fused-ring (bicyclic) bond motifs is 1. The Morgan fingerprint density at radius 2 is 1.80 bits per heavy atom. The monoisotopic (exact) mass is 334 g/mol. The summed E-state index contributed by atoms with van der Waals surface area (Å²) in [4.78, 5) is 4.58. The number of hydrogen-bond donors (Lipinski definition) is 0. The predicted molar refractivity (Wildman–Crippen MR) is 96.9 cm³/mol. The van der Waals surface area contributed by atoms with Gasteiger partial charge >= 0.3 is 0 Å². The van der Waals surface area contributed by atoms with E-state index in [9.17, 15) is 0 Å². The van der Waals surface area contributed by atoms with Crippen molar-refractivity contribution >= 4 is 11.9 Å². The van der Waals surface area contributed by atoms with Crippen LogP contribution < -0.4 is 14.2 Å². The highest BCUT2D eigenvalue weighted by molar-refractivity contribution is 5.81. The second kappa shape index (κ2) is 6.36. The zero-order chi connectivity index (χ0) is 17.2. The second-order valence-corrected chi connectivity index (χ2v) is 5.73. The molecule has 2 aromatic carbocycles. The Labute approximate surface area is 146 Å². The topological polar surface area (TPSA) is 45.0 Å². The summed E-state index contributed by atoms with van der Waals surface area (Å²) in [6.45, 7) is 2.34. The molecular weight excluding hydrogens is 316 g/mol. The normalized spacial score (nSPS) is 12.7. The lowest BCUT2D eigenvalue weighted by atomic mass is 10.2. The molecule has 0 N–H and O–H groups in total. The highest BCUT2D eigenvalue weighted by atomic mass is 16.7. The molecule has 5 nitrogen and oxygen atoms in total. The maximum Gasteiger partial charge on any atom is 0.231 e. The Morgan fingerprint density at radius 3 is 2.60 bits per heavy atom. The summed E-state index contributed by atoms with van der Waals surface area (Å²) >= 11 is 0. The average molecular weight is 334 g/mol. The van der Waals surface area contributed by atoms with Gasteiger partial charge in [0.05, 0.1) is 24.7 Å². The van der Waals surface area contributed by atoms with Crippen LogP contribution in [0.25, 0.3) is 5.69 Å². The number of hydrogen-bond acceptors (Lipinski definition) is 4. The van der Waals surface area contributed by atoms with Gasteiger partial charge in [0.15, 0.2) is 11.5 Å². The van der Waals surface area contributed by atoms with Crippen molar-refractivity contribution in [2.24, 2.45) is 4.99 Å². The first-order chi connectivity index (χ1) is 12.2. The Kier molecular flexibility index (Phi) is 3.90. The van der Waals surface area contributed by atoms with E-state index in [-0.39, 0.29) is 6.79 Å². The minimum atomic E-state index is 0.266. The molecule has 0 unspecified atom stereocenters. The summed E-state index contributed by atoms with van der Waals surface area (Å²) < 4.78 is 18.1. The van der Waals surface area contributed by atoms with Gasteiger partial charge in [-0.1, -0.05) is 0 Å². The number of rotatable bonds is 4. The molecule has 126 valence electrons. The summed E-state index contributed by atoms with van der Waals surface area (Å²) in [6.07, 6.45) is 1.86. The van der Waals surface area contributed by atoms with Crippen LogP contribution in [-0.2, 0) is 0 Å². The van der Waals surface area contributed by atoms with Gasteiger partial charge in [-0.15, -0.1) is 0 Å². The Morgan fingerprint density at radius 1 is 1.00 bits per heavy atom. The fraction of sp³-hybridized carbons (Fsp3) is 0.150. The van der Waals surface area contributed by atoms with Gasteiger partial charge in [0.1, 0.15) is 5.75 Å². The van der Waals surface area contributed by atoms with Crippen LogP contribution in [0.15, 0.2) is 59.6 Å². The summed E-state index contributed by atoms with van der Waals surface area (Å²) in [7, 11) is 1.67. The van der Waals surface area contributed by atoms with Crippen molar-refractivity contribution in [3.8, 4) is 22.9 Å². The number of benzene rings is 2. The molecule has 25 heavy (non-hydrogen) atoms. The molecule has 4 rings (SSSR count). The fourth-order valence-electron chi connectivity index (χ4n) is 2.85. The van der Waals surface area contributed by atoms with E-state index in [4.69, 9.17) is 14.2 Å². The van der Waals surface area contributed by atoms with E-state index < -0.39 is 0 Å². The minimum Gasteiger partial charge on any atom is -0.497 e. The van der Waals surface area contributed by atoms with E-state index in [2.05, 4.69) is 28.6 Å². The Bertz CT molecular complexity index is 927. The molecule has 1 aromatic heterocycles. The number of aromatic nitrogens is 1. The lowest BCUT2D eigenvalue weighted by molar-refractivity contribution is 0.174. The lowest BCUT2D eigenvalue weighted by Crippen LogP contribution is -2.01. The molecule has 1 aliphatic heterocycles. The van der Waals surface area contributed by atoms with Crippen molar-refractivity contribution in [3.05, 3.63) is 66.0 Å². The van der Waals surface area contributed by atoms with Crippen LogP contribution in [0, 0.1) is 6.92 Å². The van der Waals surface area contributed by atoms with Gasteiger partial charge in [-0.3, -0.25) is 4.99 Å². The molecule has 0 fully saturated rings. The molecular formula is C20H18N2O3. The summed E-state index contributed by atoms with van der Waals surface area (Å²) in [5.41, 5.74) is 4.03. The van der Waals surface area contributed by atoms with E-state index in [1.807, 2.05) is 48.7 Å². The van der Waals surface area contributed by atoms with Crippen LogP contribution in [0.4, 0.5) is 5.69 Å². The summed E-state index contributed by atoms with van der Waals surface area (Å²) in [6, 6.07) is 17.8. The van der Waals surface area contributed by atoms with Gasteiger partial charge in [-0.05, 0) is 55.5 Å². The third-order valence-corrected chi connectivity index (χ3v) is 4.14. The van der Waals surface area contributed by atoms with Crippen molar-refractivity contribution in [3.63, 3.8) is 0 Å². The first-order valence-corrected chi connectivity index (χ1v) is 8.01. The van der Waals surface area contributed by atoms with Gasteiger partial charge in [0.2, 0.25) is 6.79 Å². The minimum absolute atomic E-state index is 0.266. The van der Waals surface area contributed by atoms with Crippen molar-refractivity contribution in [1.29, 1.82) is 0 Å². The molecule has 0 atom stereocenters. The van der Waals surface area contributed by atoms with Crippen LogP contribution >= 0.6 is 0 Å². The predicted octanol–water partition coefficient (Wildman–Crippen LogP) is 4.27. The average Bonchev–Trinajstić information content (AvgIpc) is 3.26. The molecule has 0 amide bonds. The van der Waals surface area contributed by atoms with Crippen LogP contribution in [-0.4, -0.2) is 24.7 Å². The fourth-order valence-corrected chi connectivity index (χ4v) is 2.85. The van der Waals surface area contributed by atoms with Crippen LogP contribution in [0.3, 0.4) is 0 Å². The molecule has 2 heterocycles. The smallest absolute Gasteiger partial charge is 0.231 e. The van der Waals surface area contributed by atoms with Crippen LogP contribution in [0.1, 0.15) is 11.4 Å². The molecule has 3 aromatic rings. The standard InChI is InChI=1S/C20H18N2O3/c1-14-3-5-17(22(14)16-6-8-18(23-2)9-7-16)12-21-15-4-10-19-20(11-15)25-13-24-19/h3-12H,13H2,1-2H3. The van der Waals surface area contributed by atoms with Crippen molar-refractivity contribution < 1.29 is 14.2 Å². The van der Waals surface area contributed by atoms with E-state index in [0.29, 0.717) is 0 Å². The maximum atomic E-state index is 5.40. The zero-order valence-corrected chi connectivity index (χ0v) is 14.1. The van der Waals surface area contributed by atoms with Gasteiger partial charge < -0.3 is 18.8 Å². The Hall–Kier alpha value is -3.21. The molecule has 0 aliphatic carbocycles. The van der Waals surface area contributed by atoms with Crippen molar-refractivity contribution in [2.45, 2.75) is 6.92 Å². The lowest BCUT2D eigenvalue weighted by Gasteiger charge is -2.10. The van der Waals surface area contributed by atoms with Crippen molar-refractivity contribution in [1.82, 2.24) is 4.57 Å². The molecule has 0 spiro atoms. The third-order valence-electron chi connectivity index (χ3n) is 4.14. The summed E-state index contributed by atoms with van der Waals surface area (Å²) in [5, 5.41) is 0. The molecule has 0 bridgehead atoms. The number of nitrogens with zero attached hydrogens (tertiary/aromatic N) is 2. The number of aryl methyl sites for hydroxylation is 1. The molecule has 1 aliphatic rings.